The maximum absolute atomic E-state index is 13.9. The molecule has 1 amide bonds. The number of nitrogens with one attached hydrogen (secondary N) is 1. The van der Waals surface area contributed by atoms with Gasteiger partial charge in [-0.15, -0.1) is 0 Å². The first-order valence-corrected chi connectivity index (χ1v) is 11.1. The third kappa shape index (κ3) is 4.01. The summed E-state index contributed by atoms with van der Waals surface area (Å²) in [6.45, 7) is 0. The molecule has 0 fully saturated rings. The van der Waals surface area contributed by atoms with Gasteiger partial charge in [0.1, 0.15) is 5.02 Å². The lowest BCUT2D eigenvalue weighted by Gasteiger charge is -2.11. The summed E-state index contributed by atoms with van der Waals surface area (Å²) in [5.74, 6) is -0.745. The normalized spacial score (nSPS) is 11.8. The third-order valence-corrected chi connectivity index (χ3v) is 6.09. The van der Waals surface area contributed by atoms with Gasteiger partial charge in [-0.2, -0.15) is 18.3 Å². The van der Waals surface area contributed by atoms with Crippen LogP contribution in [0.25, 0.3) is 27.7 Å². The minimum absolute atomic E-state index is 0.0511. The second-order valence-corrected chi connectivity index (χ2v) is 8.70. The predicted molar refractivity (Wildman–Crippen MR) is 128 cm³/mol. The van der Waals surface area contributed by atoms with E-state index in [1.54, 1.807) is 36.4 Å². The summed E-state index contributed by atoms with van der Waals surface area (Å²) in [6.07, 6.45) is -4.76. The standard InChI is InChI=1S/C24H13BrClF3N4O/c25-15-10-8-14(9-11-15)18-12-19(24(27,28)29)33-22(30-18)20(26)21(32-33)23(34)31-17-7-3-5-13-4-1-2-6-16(13)17/h1-12H,(H,31,34). The number of alkyl halides is 3. The Morgan fingerprint density at radius 3 is 2.44 bits per heavy atom. The smallest absolute Gasteiger partial charge is 0.320 e. The highest BCUT2D eigenvalue weighted by molar-refractivity contribution is 9.10. The average Bonchev–Trinajstić information content (AvgIpc) is 3.15. The van der Waals surface area contributed by atoms with Crippen LogP contribution in [0.3, 0.4) is 0 Å². The molecule has 34 heavy (non-hydrogen) atoms. The van der Waals surface area contributed by atoms with Gasteiger partial charge < -0.3 is 5.32 Å². The maximum atomic E-state index is 13.9. The summed E-state index contributed by atoms with van der Waals surface area (Å²) in [6, 6.07) is 20.2. The first kappa shape index (κ1) is 22.4. The van der Waals surface area contributed by atoms with E-state index in [0.717, 1.165) is 21.3 Å². The second-order valence-electron chi connectivity index (χ2n) is 7.41. The Bertz CT molecular complexity index is 1560. The molecule has 5 nitrogen and oxygen atoms in total. The van der Waals surface area contributed by atoms with Crippen LogP contribution in [0.1, 0.15) is 16.2 Å². The van der Waals surface area contributed by atoms with Gasteiger partial charge in [0.25, 0.3) is 5.91 Å². The van der Waals surface area contributed by atoms with Gasteiger partial charge in [0.05, 0.1) is 5.69 Å². The Morgan fingerprint density at radius 1 is 1.00 bits per heavy atom. The van der Waals surface area contributed by atoms with E-state index in [1.807, 2.05) is 30.3 Å². The zero-order valence-electron chi connectivity index (χ0n) is 17.1. The molecule has 0 aliphatic carbocycles. The van der Waals surface area contributed by atoms with Gasteiger partial charge >= 0.3 is 6.18 Å². The molecule has 0 spiro atoms. The van der Waals surface area contributed by atoms with E-state index in [2.05, 4.69) is 31.3 Å². The van der Waals surface area contributed by atoms with Crippen LogP contribution in [0.5, 0.6) is 0 Å². The molecule has 10 heteroatoms. The molecule has 170 valence electrons. The molecule has 0 radical (unpaired) electrons. The summed E-state index contributed by atoms with van der Waals surface area (Å²) in [4.78, 5) is 17.3. The van der Waals surface area contributed by atoms with Crippen LogP contribution in [0, 0.1) is 0 Å². The molecule has 0 bridgehead atoms. The lowest BCUT2D eigenvalue weighted by Crippen LogP contribution is -2.16. The predicted octanol–water partition coefficient (Wildman–Crippen LogP) is 7.24. The van der Waals surface area contributed by atoms with Gasteiger partial charge in [0.15, 0.2) is 17.0 Å². The van der Waals surface area contributed by atoms with E-state index in [4.69, 9.17) is 11.6 Å². The van der Waals surface area contributed by atoms with Crippen LogP contribution in [0.2, 0.25) is 5.02 Å². The summed E-state index contributed by atoms with van der Waals surface area (Å²) < 4.78 is 43.0. The van der Waals surface area contributed by atoms with Crippen LogP contribution in [-0.2, 0) is 6.18 Å². The lowest BCUT2D eigenvalue weighted by molar-refractivity contribution is -0.142. The van der Waals surface area contributed by atoms with Crippen LogP contribution < -0.4 is 5.32 Å². The molecule has 1 N–H and O–H groups in total. The number of nitrogens with zero attached hydrogens (tertiary/aromatic N) is 3. The monoisotopic (exact) mass is 544 g/mol. The SMILES string of the molecule is O=C(Nc1cccc2ccccc12)c1nn2c(C(F)(F)F)cc(-c3ccc(Br)cc3)nc2c1Cl. The molecular formula is C24H13BrClF3N4O. The number of fused-ring (bicyclic) bond motifs is 2. The van der Waals surface area contributed by atoms with E-state index in [1.165, 1.54) is 0 Å². The molecule has 0 aliphatic heterocycles. The summed E-state index contributed by atoms with van der Waals surface area (Å²) in [5, 5.41) is 7.97. The molecule has 5 rings (SSSR count). The number of rotatable bonds is 3. The number of anilines is 1. The highest BCUT2D eigenvalue weighted by Gasteiger charge is 2.36. The summed E-state index contributed by atoms with van der Waals surface area (Å²) >= 11 is 9.66. The molecule has 2 heterocycles. The van der Waals surface area contributed by atoms with Gasteiger partial charge in [-0.1, -0.05) is 76.1 Å². The first-order valence-electron chi connectivity index (χ1n) is 9.94. The average molecular weight is 546 g/mol. The molecule has 0 unspecified atom stereocenters. The van der Waals surface area contributed by atoms with Crippen LogP contribution >= 0.6 is 27.5 Å². The zero-order chi connectivity index (χ0) is 24.0. The number of amides is 1. The van der Waals surface area contributed by atoms with Crippen molar-refractivity contribution in [2.45, 2.75) is 6.18 Å². The van der Waals surface area contributed by atoms with Crippen molar-refractivity contribution in [2.24, 2.45) is 0 Å². The minimum Gasteiger partial charge on any atom is -0.320 e. The van der Waals surface area contributed by atoms with Crippen molar-refractivity contribution >= 4 is 55.5 Å². The Balaban J connectivity index is 1.63. The topological polar surface area (TPSA) is 59.3 Å². The van der Waals surface area contributed by atoms with Gasteiger partial charge in [-0.3, -0.25) is 4.79 Å². The number of aromatic nitrogens is 3. The van der Waals surface area contributed by atoms with Crippen molar-refractivity contribution in [3.05, 3.63) is 93.7 Å². The number of hydrogen-bond donors (Lipinski definition) is 1. The Morgan fingerprint density at radius 2 is 1.71 bits per heavy atom. The zero-order valence-corrected chi connectivity index (χ0v) is 19.4. The van der Waals surface area contributed by atoms with Crippen molar-refractivity contribution in [3.8, 4) is 11.3 Å². The van der Waals surface area contributed by atoms with E-state index < -0.39 is 17.8 Å². The fourth-order valence-corrected chi connectivity index (χ4v) is 4.13. The highest BCUT2D eigenvalue weighted by Crippen LogP contribution is 2.35. The third-order valence-electron chi connectivity index (χ3n) is 5.22. The molecule has 2 aromatic heterocycles. The van der Waals surface area contributed by atoms with Gasteiger partial charge in [0, 0.05) is 21.1 Å². The largest absolute Gasteiger partial charge is 0.433 e. The number of benzene rings is 3. The molecule has 0 aliphatic rings. The van der Waals surface area contributed by atoms with Gasteiger partial charge in [-0.25, -0.2) is 9.50 Å². The molecule has 0 atom stereocenters. The molecule has 3 aromatic carbocycles. The number of carbonyl (C=O) groups is 1. The number of halogens is 5. The Labute approximate surface area is 204 Å². The van der Waals surface area contributed by atoms with Crippen LogP contribution in [0.15, 0.2) is 77.3 Å². The molecule has 0 saturated heterocycles. The number of hydrogen-bond acceptors (Lipinski definition) is 3. The fraction of sp³-hybridized carbons (Fsp3) is 0.0417. The molecule has 0 saturated carbocycles. The highest BCUT2D eigenvalue weighted by atomic mass is 79.9. The van der Waals surface area contributed by atoms with Crippen molar-refractivity contribution in [1.82, 2.24) is 14.6 Å². The van der Waals surface area contributed by atoms with E-state index in [-0.39, 0.29) is 22.1 Å². The lowest BCUT2D eigenvalue weighted by atomic mass is 10.1. The van der Waals surface area contributed by atoms with E-state index in [9.17, 15) is 18.0 Å². The Kier molecular flexibility index (Phi) is 5.53. The van der Waals surface area contributed by atoms with E-state index >= 15 is 0 Å². The summed E-state index contributed by atoms with van der Waals surface area (Å²) in [7, 11) is 0. The van der Waals surface area contributed by atoms with Crippen molar-refractivity contribution in [1.29, 1.82) is 0 Å². The second kappa shape index (κ2) is 8.41. The van der Waals surface area contributed by atoms with E-state index in [0.29, 0.717) is 15.8 Å². The van der Waals surface area contributed by atoms with Gasteiger partial charge in [-0.05, 0) is 29.7 Å². The fourth-order valence-electron chi connectivity index (χ4n) is 3.62. The quantitative estimate of drug-likeness (QED) is 0.260. The number of carbonyl (C=O) groups excluding carboxylic acids is 1. The van der Waals surface area contributed by atoms with Crippen LogP contribution in [-0.4, -0.2) is 20.5 Å². The maximum Gasteiger partial charge on any atom is 0.433 e. The van der Waals surface area contributed by atoms with Crippen molar-refractivity contribution < 1.29 is 18.0 Å². The first-order chi connectivity index (χ1) is 16.2. The minimum atomic E-state index is -4.76. The molecule has 5 aromatic rings. The molecular weight excluding hydrogens is 533 g/mol. The van der Waals surface area contributed by atoms with Crippen LogP contribution in [0.4, 0.5) is 18.9 Å². The van der Waals surface area contributed by atoms with Gasteiger partial charge in [0.2, 0.25) is 0 Å². The Hall–Kier alpha value is -3.43. The van der Waals surface area contributed by atoms with Crippen molar-refractivity contribution in [2.75, 3.05) is 5.32 Å². The summed E-state index contributed by atoms with van der Waals surface area (Å²) in [5.41, 5.74) is -0.735. The van der Waals surface area contributed by atoms with Crippen molar-refractivity contribution in [3.63, 3.8) is 0 Å².